The van der Waals surface area contributed by atoms with E-state index in [2.05, 4.69) is 15.7 Å². The molecule has 0 unspecified atom stereocenters. The maximum atomic E-state index is 12.2. The van der Waals surface area contributed by atoms with Crippen LogP contribution in [0.15, 0.2) is 67.0 Å². The maximum absolute atomic E-state index is 12.2. The standard InChI is InChI=1S/C22H20N4O4/c27-20(24-18-4-1-3-16(13-18)21(28)25-17-7-8-17)14-30-22(29)15-5-9-19(10-6-15)26-12-2-11-23-26/h1-6,9-13,17H,7-8,14H2,(H,24,27)(H,25,28). The summed E-state index contributed by atoms with van der Waals surface area (Å²) in [5.74, 6) is -1.26. The Kier molecular flexibility index (Phi) is 5.56. The first-order valence-electron chi connectivity index (χ1n) is 9.56. The van der Waals surface area contributed by atoms with Gasteiger partial charge in [-0.1, -0.05) is 6.07 Å². The van der Waals surface area contributed by atoms with Gasteiger partial charge in [0.2, 0.25) is 0 Å². The quantitative estimate of drug-likeness (QED) is 0.589. The minimum atomic E-state index is -0.602. The Morgan fingerprint density at radius 3 is 2.53 bits per heavy atom. The summed E-state index contributed by atoms with van der Waals surface area (Å²) in [6, 6.07) is 15.4. The van der Waals surface area contributed by atoms with E-state index >= 15 is 0 Å². The molecule has 0 spiro atoms. The highest BCUT2D eigenvalue weighted by Gasteiger charge is 2.23. The Balaban J connectivity index is 1.29. The molecular weight excluding hydrogens is 384 g/mol. The lowest BCUT2D eigenvalue weighted by Crippen LogP contribution is -2.25. The molecule has 1 fully saturated rings. The van der Waals surface area contributed by atoms with Crippen LogP contribution in [0.4, 0.5) is 5.69 Å². The van der Waals surface area contributed by atoms with Crippen LogP contribution in [0.2, 0.25) is 0 Å². The van der Waals surface area contributed by atoms with Gasteiger partial charge in [0.05, 0.1) is 11.3 Å². The lowest BCUT2D eigenvalue weighted by atomic mass is 10.2. The normalized spacial score (nSPS) is 12.8. The predicted molar refractivity (Wildman–Crippen MR) is 109 cm³/mol. The van der Waals surface area contributed by atoms with E-state index in [0.29, 0.717) is 16.8 Å². The molecule has 0 saturated heterocycles. The van der Waals surface area contributed by atoms with Crippen LogP contribution in [0, 0.1) is 0 Å². The number of amides is 2. The molecule has 1 aliphatic carbocycles. The summed E-state index contributed by atoms with van der Waals surface area (Å²) < 4.78 is 6.75. The molecule has 8 nitrogen and oxygen atoms in total. The van der Waals surface area contributed by atoms with Crippen molar-refractivity contribution in [1.29, 1.82) is 0 Å². The number of aromatic nitrogens is 2. The van der Waals surface area contributed by atoms with Crippen LogP contribution in [-0.4, -0.2) is 40.2 Å². The lowest BCUT2D eigenvalue weighted by Gasteiger charge is -2.09. The average molecular weight is 404 g/mol. The van der Waals surface area contributed by atoms with E-state index in [1.165, 1.54) is 0 Å². The molecule has 0 bridgehead atoms. The highest BCUT2D eigenvalue weighted by Crippen LogP contribution is 2.20. The van der Waals surface area contributed by atoms with Gasteiger partial charge in [0.15, 0.2) is 6.61 Å². The fourth-order valence-electron chi connectivity index (χ4n) is 2.82. The average Bonchev–Trinajstić information content (AvgIpc) is 3.40. The molecular formula is C22H20N4O4. The molecule has 1 aliphatic rings. The van der Waals surface area contributed by atoms with Crippen LogP contribution < -0.4 is 10.6 Å². The van der Waals surface area contributed by atoms with Gasteiger partial charge in [-0.3, -0.25) is 9.59 Å². The van der Waals surface area contributed by atoms with E-state index in [9.17, 15) is 14.4 Å². The third kappa shape index (κ3) is 4.91. The van der Waals surface area contributed by atoms with Crippen LogP contribution in [0.1, 0.15) is 33.6 Å². The molecule has 2 aromatic carbocycles. The first kappa shape index (κ1) is 19.4. The van der Waals surface area contributed by atoms with Gasteiger partial charge < -0.3 is 15.4 Å². The zero-order valence-electron chi connectivity index (χ0n) is 16.1. The smallest absolute Gasteiger partial charge is 0.338 e. The van der Waals surface area contributed by atoms with Gasteiger partial charge in [-0.05, 0) is 61.4 Å². The van der Waals surface area contributed by atoms with Crippen molar-refractivity contribution in [2.24, 2.45) is 0 Å². The van der Waals surface area contributed by atoms with E-state index in [1.54, 1.807) is 71.7 Å². The zero-order valence-corrected chi connectivity index (χ0v) is 16.1. The summed E-state index contributed by atoms with van der Waals surface area (Å²) in [4.78, 5) is 36.4. The fraction of sp³-hybridized carbons (Fsp3) is 0.182. The molecule has 152 valence electrons. The second-order valence-corrected chi connectivity index (χ2v) is 6.95. The van der Waals surface area contributed by atoms with Crippen molar-refractivity contribution in [3.8, 4) is 5.69 Å². The summed E-state index contributed by atoms with van der Waals surface area (Å²) in [7, 11) is 0. The number of hydrogen-bond donors (Lipinski definition) is 2. The molecule has 0 radical (unpaired) electrons. The fourth-order valence-corrected chi connectivity index (χ4v) is 2.82. The summed E-state index contributed by atoms with van der Waals surface area (Å²) in [5.41, 5.74) is 2.06. The Labute approximate surface area is 172 Å². The third-order valence-corrected chi connectivity index (χ3v) is 4.53. The number of carbonyl (C=O) groups is 3. The van der Waals surface area contributed by atoms with Crippen LogP contribution in [0.25, 0.3) is 5.69 Å². The molecule has 1 heterocycles. The number of nitrogens with zero attached hydrogens (tertiary/aromatic N) is 2. The van der Waals surface area contributed by atoms with Crippen molar-refractivity contribution in [3.05, 3.63) is 78.1 Å². The second kappa shape index (κ2) is 8.60. The van der Waals surface area contributed by atoms with E-state index in [-0.39, 0.29) is 11.9 Å². The highest BCUT2D eigenvalue weighted by atomic mass is 16.5. The van der Waals surface area contributed by atoms with Gasteiger partial charge in [0.25, 0.3) is 11.8 Å². The van der Waals surface area contributed by atoms with Crippen LogP contribution in [0.5, 0.6) is 0 Å². The number of rotatable bonds is 7. The number of carbonyl (C=O) groups excluding carboxylic acids is 3. The number of nitrogens with one attached hydrogen (secondary N) is 2. The van der Waals surface area contributed by atoms with Crippen LogP contribution >= 0.6 is 0 Å². The minimum absolute atomic E-state index is 0.168. The first-order valence-corrected chi connectivity index (χ1v) is 9.56. The number of benzene rings is 2. The third-order valence-electron chi connectivity index (χ3n) is 4.53. The Morgan fingerprint density at radius 2 is 1.83 bits per heavy atom. The molecule has 2 N–H and O–H groups in total. The van der Waals surface area contributed by atoms with Crippen LogP contribution in [0.3, 0.4) is 0 Å². The van der Waals surface area contributed by atoms with Gasteiger partial charge in [0, 0.05) is 29.7 Å². The van der Waals surface area contributed by atoms with Crippen molar-refractivity contribution in [3.63, 3.8) is 0 Å². The van der Waals surface area contributed by atoms with E-state index < -0.39 is 18.5 Å². The Bertz CT molecular complexity index is 1060. The molecule has 8 heteroatoms. The zero-order chi connectivity index (χ0) is 20.9. The monoisotopic (exact) mass is 404 g/mol. The number of ether oxygens (including phenoxy) is 1. The van der Waals surface area contributed by atoms with Gasteiger partial charge in [-0.25, -0.2) is 9.48 Å². The van der Waals surface area contributed by atoms with Crippen molar-refractivity contribution >= 4 is 23.5 Å². The van der Waals surface area contributed by atoms with Gasteiger partial charge >= 0.3 is 5.97 Å². The molecule has 1 saturated carbocycles. The summed E-state index contributed by atoms with van der Waals surface area (Å²) in [6.07, 6.45) is 5.46. The molecule has 3 aromatic rings. The summed E-state index contributed by atoms with van der Waals surface area (Å²) in [5, 5.41) is 9.65. The molecule has 0 aliphatic heterocycles. The van der Waals surface area contributed by atoms with Gasteiger partial charge in [-0.2, -0.15) is 5.10 Å². The Morgan fingerprint density at radius 1 is 1.03 bits per heavy atom. The van der Waals surface area contributed by atoms with Crippen molar-refractivity contribution in [2.45, 2.75) is 18.9 Å². The minimum Gasteiger partial charge on any atom is -0.452 e. The molecule has 1 aromatic heterocycles. The predicted octanol–water partition coefficient (Wildman–Crippen LogP) is 2.56. The lowest BCUT2D eigenvalue weighted by molar-refractivity contribution is -0.119. The topological polar surface area (TPSA) is 102 Å². The number of esters is 1. The molecule has 4 rings (SSSR count). The van der Waals surface area contributed by atoms with Crippen molar-refractivity contribution in [2.75, 3.05) is 11.9 Å². The Hall–Kier alpha value is -3.94. The molecule has 0 atom stereocenters. The van der Waals surface area contributed by atoms with Crippen molar-refractivity contribution in [1.82, 2.24) is 15.1 Å². The van der Waals surface area contributed by atoms with Gasteiger partial charge in [0.1, 0.15) is 0 Å². The summed E-state index contributed by atoms with van der Waals surface area (Å²) >= 11 is 0. The van der Waals surface area contributed by atoms with E-state index in [0.717, 1.165) is 18.5 Å². The highest BCUT2D eigenvalue weighted by molar-refractivity contribution is 5.98. The molecule has 30 heavy (non-hydrogen) atoms. The maximum Gasteiger partial charge on any atom is 0.338 e. The molecule has 2 amide bonds. The van der Waals surface area contributed by atoms with Crippen molar-refractivity contribution < 1.29 is 19.1 Å². The second-order valence-electron chi connectivity index (χ2n) is 6.95. The van der Waals surface area contributed by atoms with E-state index in [4.69, 9.17) is 4.74 Å². The largest absolute Gasteiger partial charge is 0.452 e. The van der Waals surface area contributed by atoms with Crippen LogP contribution in [-0.2, 0) is 9.53 Å². The first-order chi connectivity index (χ1) is 14.6. The number of anilines is 1. The number of hydrogen-bond acceptors (Lipinski definition) is 5. The SMILES string of the molecule is O=C(COC(=O)c1ccc(-n2cccn2)cc1)Nc1cccc(C(=O)NC2CC2)c1. The summed E-state index contributed by atoms with van der Waals surface area (Å²) in [6.45, 7) is -0.432. The van der Waals surface area contributed by atoms with E-state index in [1.807, 2.05) is 0 Å². The van der Waals surface area contributed by atoms with Gasteiger partial charge in [-0.15, -0.1) is 0 Å².